The van der Waals surface area contributed by atoms with Gasteiger partial charge in [-0.3, -0.25) is 0 Å². The van der Waals surface area contributed by atoms with Crippen molar-refractivity contribution >= 4 is 0 Å². The first-order valence-corrected chi connectivity index (χ1v) is 5.01. The van der Waals surface area contributed by atoms with E-state index < -0.39 is 0 Å². The molecule has 0 aliphatic carbocycles. The number of rotatable bonds is 3. The van der Waals surface area contributed by atoms with Gasteiger partial charge in [0.1, 0.15) is 6.61 Å². The molecule has 84 valence electrons. The van der Waals surface area contributed by atoms with Crippen LogP contribution in [0.3, 0.4) is 0 Å². The average Bonchev–Trinajstić information content (AvgIpc) is 2.66. The second-order valence-corrected chi connectivity index (χ2v) is 3.72. The fourth-order valence-electron chi connectivity index (χ4n) is 1.40. The van der Waals surface area contributed by atoms with E-state index in [2.05, 4.69) is 4.98 Å². The Labute approximate surface area is 93.5 Å². The van der Waals surface area contributed by atoms with Crippen molar-refractivity contribution in [2.45, 2.75) is 13.5 Å². The molecule has 0 N–H and O–H groups in total. The minimum atomic E-state index is -0.340. The van der Waals surface area contributed by atoms with Gasteiger partial charge >= 0.3 is 0 Å². The highest BCUT2D eigenvalue weighted by Gasteiger charge is 2.05. The molecule has 2 aromatic rings. The predicted octanol–water partition coefficient (Wildman–Crippen LogP) is 2.45. The number of nitrogens with zero attached hydrogens (tertiary/aromatic N) is 2. The van der Waals surface area contributed by atoms with Crippen molar-refractivity contribution in [1.82, 2.24) is 9.55 Å². The van der Waals surface area contributed by atoms with Crippen molar-refractivity contribution in [2.75, 3.05) is 0 Å². The fraction of sp³-hybridized carbons (Fsp3) is 0.250. The number of ether oxygens (including phenoxy) is 1. The van der Waals surface area contributed by atoms with Gasteiger partial charge in [0, 0.05) is 7.05 Å². The number of aromatic nitrogens is 2. The third-order valence-electron chi connectivity index (χ3n) is 2.38. The zero-order chi connectivity index (χ0) is 11.5. The van der Waals surface area contributed by atoms with E-state index in [1.165, 1.54) is 6.07 Å². The highest BCUT2D eigenvalue weighted by molar-refractivity contribution is 5.29. The van der Waals surface area contributed by atoms with Gasteiger partial charge < -0.3 is 9.30 Å². The smallest absolute Gasteiger partial charge is 0.165 e. The zero-order valence-corrected chi connectivity index (χ0v) is 9.27. The van der Waals surface area contributed by atoms with Crippen LogP contribution >= 0.6 is 0 Å². The molecule has 1 heterocycles. The van der Waals surface area contributed by atoms with Crippen molar-refractivity contribution in [3.63, 3.8) is 0 Å². The first kappa shape index (κ1) is 10.7. The lowest BCUT2D eigenvalue weighted by Crippen LogP contribution is -2.02. The number of hydrogen-bond donors (Lipinski definition) is 0. The van der Waals surface area contributed by atoms with Gasteiger partial charge in [-0.25, -0.2) is 9.37 Å². The van der Waals surface area contributed by atoms with E-state index in [-0.39, 0.29) is 11.6 Å². The summed E-state index contributed by atoms with van der Waals surface area (Å²) in [5, 5.41) is 0. The van der Waals surface area contributed by atoms with Gasteiger partial charge in [0.25, 0.3) is 0 Å². The number of hydrogen-bond acceptors (Lipinski definition) is 2. The van der Waals surface area contributed by atoms with Crippen LogP contribution in [-0.4, -0.2) is 9.55 Å². The van der Waals surface area contributed by atoms with Gasteiger partial charge in [0.05, 0.1) is 18.2 Å². The summed E-state index contributed by atoms with van der Waals surface area (Å²) < 4.78 is 20.6. The lowest BCUT2D eigenvalue weighted by Gasteiger charge is -2.08. The summed E-state index contributed by atoms with van der Waals surface area (Å²) in [4.78, 5) is 3.96. The molecular formula is C12H13FN2O. The van der Waals surface area contributed by atoms with E-state index in [0.717, 1.165) is 11.3 Å². The molecule has 0 aliphatic rings. The lowest BCUT2D eigenvalue weighted by atomic mass is 10.2. The molecule has 16 heavy (non-hydrogen) atoms. The molecule has 0 bridgehead atoms. The molecule has 0 saturated heterocycles. The Balaban J connectivity index is 2.10. The van der Waals surface area contributed by atoms with E-state index >= 15 is 0 Å². The number of benzene rings is 1. The monoisotopic (exact) mass is 220 g/mol. The maximum Gasteiger partial charge on any atom is 0.165 e. The summed E-state index contributed by atoms with van der Waals surface area (Å²) in [6.07, 6.45) is 3.39. The Morgan fingerprint density at radius 1 is 1.44 bits per heavy atom. The molecule has 3 nitrogen and oxygen atoms in total. The maximum absolute atomic E-state index is 13.4. The topological polar surface area (TPSA) is 27.1 Å². The second kappa shape index (κ2) is 4.35. The number of imidazole rings is 1. The largest absolute Gasteiger partial charge is 0.484 e. The third-order valence-corrected chi connectivity index (χ3v) is 2.38. The SMILES string of the molecule is Cc1ccc(F)c(OCc2cncn2C)c1. The van der Waals surface area contributed by atoms with Crippen LogP contribution in [-0.2, 0) is 13.7 Å². The Bertz CT molecular complexity index is 494. The van der Waals surface area contributed by atoms with Gasteiger partial charge in [-0.15, -0.1) is 0 Å². The van der Waals surface area contributed by atoms with Gasteiger partial charge in [0.15, 0.2) is 11.6 Å². The number of halogens is 1. The molecule has 0 radical (unpaired) electrons. The Hall–Kier alpha value is -1.84. The normalized spacial score (nSPS) is 10.4. The van der Waals surface area contributed by atoms with E-state index in [4.69, 9.17) is 4.74 Å². The highest BCUT2D eigenvalue weighted by Crippen LogP contribution is 2.19. The van der Waals surface area contributed by atoms with Crippen LogP contribution in [0.4, 0.5) is 4.39 Å². The van der Waals surface area contributed by atoms with Crippen LogP contribution in [0.2, 0.25) is 0 Å². The van der Waals surface area contributed by atoms with Crippen LogP contribution in [0.25, 0.3) is 0 Å². The number of aryl methyl sites for hydroxylation is 2. The van der Waals surface area contributed by atoms with Gasteiger partial charge in [0.2, 0.25) is 0 Å². The summed E-state index contributed by atoms with van der Waals surface area (Å²) in [5.74, 6) is -0.0611. The quantitative estimate of drug-likeness (QED) is 0.794. The molecule has 1 aromatic heterocycles. The summed E-state index contributed by atoms with van der Waals surface area (Å²) in [7, 11) is 1.87. The molecule has 0 spiro atoms. The molecule has 2 rings (SSSR count). The maximum atomic E-state index is 13.4. The molecule has 0 saturated carbocycles. The zero-order valence-electron chi connectivity index (χ0n) is 9.27. The first-order valence-electron chi connectivity index (χ1n) is 5.01. The van der Waals surface area contributed by atoms with Crippen LogP contribution in [0.1, 0.15) is 11.3 Å². The van der Waals surface area contributed by atoms with E-state index in [9.17, 15) is 4.39 Å². The van der Waals surface area contributed by atoms with Gasteiger partial charge in [-0.1, -0.05) is 6.07 Å². The minimum Gasteiger partial charge on any atom is -0.484 e. The van der Waals surface area contributed by atoms with Crippen molar-refractivity contribution in [1.29, 1.82) is 0 Å². The lowest BCUT2D eigenvalue weighted by molar-refractivity contribution is 0.282. The molecular weight excluding hydrogens is 207 g/mol. The van der Waals surface area contributed by atoms with Gasteiger partial charge in [-0.05, 0) is 24.6 Å². The molecule has 4 heteroatoms. The summed E-state index contributed by atoms with van der Waals surface area (Å²) in [5.41, 5.74) is 1.88. The molecule has 1 aromatic carbocycles. The fourth-order valence-corrected chi connectivity index (χ4v) is 1.40. The molecule has 0 unspecified atom stereocenters. The van der Waals surface area contributed by atoms with E-state index in [0.29, 0.717) is 6.61 Å². The van der Waals surface area contributed by atoms with Crippen molar-refractivity contribution in [2.24, 2.45) is 7.05 Å². The van der Waals surface area contributed by atoms with Crippen molar-refractivity contribution in [3.05, 3.63) is 47.8 Å². The summed E-state index contributed by atoms with van der Waals surface area (Å²) in [6.45, 7) is 2.22. The second-order valence-electron chi connectivity index (χ2n) is 3.72. The van der Waals surface area contributed by atoms with E-state index in [1.807, 2.05) is 18.5 Å². The third kappa shape index (κ3) is 2.21. The molecule has 0 aliphatic heterocycles. The Kier molecular flexibility index (Phi) is 2.90. The predicted molar refractivity (Wildman–Crippen MR) is 58.7 cm³/mol. The summed E-state index contributed by atoms with van der Waals surface area (Å²) >= 11 is 0. The Morgan fingerprint density at radius 2 is 2.25 bits per heavy atom. The molecule has 0 amide bonds. The minimum absolute atomic E-state index is 0.279. The average molecular weight is 220 g/mol. The Morgan fingerprint density at radius 3 is 2.94 bits per heavy atom. The first-order chi connectivity index (χ1) is 7.66. The summed E-state index contributed by atoms with van der Waals surface area (Å²) in [6, 6.07) is 4.81. The van der Waals surface area contributed by atoms with Crippen LogP contribution < -0.4 is 4.74 Å². The highest BCUT2D eigenvalue weighted by atomic mass is 19.1. The molecule has 0 fully saturated rings. The van der Waals surface area contributed by atoms with Crippen LogP contribution in [0.5, 0.6) is 5.75 Å². The van der Waals surface area contributed by atoms with Crippen LogP contribution in [0.15, 0.2) is 30.7 Å². The van der Waals surface area contributed by atoms with Crippen molar-refractivity contribution in [3.8, 4) is 5.75 Å². The molecule has 0 atom stereocenters. The van der Waals surface area contributed by atoms with Crippen LogP contribution in [0, 0.1) is 12.7 Å². The van der Waals surface area contributed by atoms with Crippen molar-refractivity contribution < 1.29 is 9.13 Å². The van der Waals surface area contributed by atoms with Gasteiger partial charge in [-0.2, -0.15) is 0 Å². The van der Waals surface area contributed by atoms with E-state index in [1.54, 1.807) is 24.7 Å². The standard InChI is InChI=1S/C12H13FN2O/c1-9-3-4-11(13)12(5-9)16-7-10-6-14-8-15(10)2/h3-6,8H,7H2,1-2H3.